The minimum atomic E-state index is -0.939. The van der Waals surface area contributed by atoms with Gasteiger partial charge in [0.15, 0.2) is 11.4 Å². The molecule has 0 bridgehead atoms. The molecule has 6 atom stereocenters. The first-order chi connectivity index (χ1) is 19.2. The molecule has 2 heterocycles. The van der Waals surface area contributed by atoms with Crippen molar-refractivity contribution < 1.29 is 28.2 Å². The van der Waals surface area contributed by atoms with Gasteiger partial charge in [-0.05, 0) is 76.1 Å². The molecule has 1 fully saturated rings. The Labute approximate surface area is 242 Å². The third-order valence-electron chi connectivity index (χ3n) is 8.70. The Morgan fingerprint density at radius 1 is 1.20 bits per heavy atom. The summed E-state index contributed by atoms with van der Waals surface area (Å²) in [5, 5.41) is 0.100. The lowest BCUT2D eigenvalue weighted by atomic mass is 9.62. The maximum atomic E-state index is 13.1. The second-order valence-corrected chi connectivity index (χ2v) is 11.7. The number of hydrogen-bond acceptors (Lipinski definition) is 7. The maximum absolute atomic E-state index is 13.1. The maximum Gasteiger partial charge on any atom is 0.358 e. The van der Waals surface area contributed by atoms with Crippen LogP contribution < -0.4 is 4.74 Å². The van der Waals surface area contributed by atoms with E-state index in [0.717, 1.165) is 25.7 Å². The quantitative estimate of drug-likeness (QED) is 0.189. The van der Waals surface area contributed by atoms with Gasteiger partial charge in [0, 0.05) is 30.0 Å². The molecule has 1 aromatic heterocycles. The normalized spacial score (nSPS) is 29.7. The molecule has 40 heavy (non-hydrogen) atoms. The van der Waals surface area contributed by atoms with Crippen LogP contribution in [0.5, 0.6) is 5.75 Å². The molecule has 7 heteroatoms. The summed E-state index contributed by atoms with van der Waals surface area (Å²) in [6.45, 7) is 8.30. The lowest BCUT2D eigenvalue weighted by Crippen LogP contribution is -2.53. The molecular weight excluding hydrogens is 524 g/mol. The van der Waals surface area contributed by atoms with Crippen LogP contribution in [0.25, 0.3) is 0 Å². The molecule has 212 valence electrons. The largest absolute Gasteiger partial charge is 0.496 e. The van der Waals surface area contributed by atoms with Crippen molar-refractivity contribution >= 4 is 23.4 Å². The van der Waals surface area contributed by atoms with E-state index in [1.165, 1.54) is 16.7 Å². The molecule has 1 aliphatic heterocycles. The Morgan fingerprint density at radius 3 is 2.67 bits per heavy atom. The van der Waals surface area contributed by atoms with E-state index in [9.17, 15) is 4.79 Å². The highest BCUT2D eigenvalue weighted by molar-refractivity contribution is 7.79. The number of methoxy groups -OCH3 is 1. The number of para-hydroxylation sites is 1. The number of ether oxygens (including phenoxy) is 4. The Morgan fingerprint density at radius 2 is 1.98 bits per heavy atom. The van der Waals surface area contributed by atoms with E-state index in [4.69, 9.17) is 35.6 Å². The highest BCUT2D eigenvalue weighted by Crippen LogP contribution is 2.60. The van der Waals surface area contributed by atoms with E-state index in [-0.39, 0.29) is 41.0 Å². The van der Waals surface area contributed by atoms with Crippen molar-refractivity contribution in [3.63, 3.8) is 0 Å². The lowest BCUT2D eigenvalue weighted by molar-refractivity contribution is -0.162. The molecule has 6 nitrogen and oxygen atoms in total. The summed E-state index contributed by atoms with van der Waals surface area (Å²) in [4.78, 5) is 13.1. The predicted octanol–water partition coefficient (Wildman–Crippen LogP) is 7.36. The summed E-state index contributed by atoms with van der Waals surface area (Å²) >= 11 is 5.51. The Kier molecular flexibility index (Phi) is 8.22. The first-order valence-corrected chi connectivity index (χ1v) is 14.4. The van der Waals surface area contributed by atoms with Gasteiger partial charge in [-0.1, -0.05) is 48.4 Å². The van der Waals surface area contributed by atoms with Crippen molar-refractivity contribution in [1.29, 1.82) is 0 Å². The first-order valence-electron chi connectivity index (χ1n) is 14.0. The van der Waals surface area contributed by atoms with E-state index < -0.39 is 5.60 Å². The van der Waals surface area contributed by atoms with Crippen molar-refractivity contribution in [1.82, 2.24) is 0 Å². The van der Waals surface area contributed by atoms with E-state index in [1.54, 1.807) is 26.6 Å². The number of allylic oxidation sites excluding steroid dienone is 1. The Balaban J connectivity index is 1.44. The Bertz CT molecular complexity index is 1320. The number of thiocarbonyl (C=S) groups is 1. The van der Waals surface area contributed by atoms with Gasteiger partial charge in [0.1, 0.15) is 11.9 Å². The SMILES string of the molecule is COC1=C(C)C(=O)O[C@]12[C@@H]1[C@@H](C(C)=C[C@@H]2/C=C(\C)CCCc2ccoc2)[C@H](OC(=S)Oc2ccccc2)C[C@@H]1C. The fourth-order valence-electron chi connectivity index (χ4n) is 7.09. The van der Waals surface area contributed by atoms with Gasteiger partial charge in [-0.25, -0.2) is 4.79 Å². The minimum absolute atomic E-state index is 0.0118. The van der Waals surface area contributed by atoms with Crippen LogP contribution in [-0.4, -0.2) is 30.0 Å². The Hall–Kier alpha value is -3.32. The third kappa shape index (κ3) is 5.24. The fraction of sp³-hybridized carbons (Fsp3) is 0.455. The molecule has 1 aromatic carbocycles. The smallest absolute Gasteiger partial charge is 0.358 e. The number of rotatable bonds is 8. The van der Waals surface area contributed by atoms with E-state index in [1.807, 2.05) is 36.4 Å². The summed E-state index contributed by atoms with van der Waals surface area (Å²) in [7, 11) is 1.64. The van der Waals surface area contributed by atoms with Gasteiger partial charge in [0.25, 0.3) is 0 Å². The summed E-state index contributed by atoms with van der Waals surface area (Å²) in [5.74, 6) is 0.909. The average molecular weight is 563 g/mol. The van der Waals surface area contributed by atoms with Gasteiger partial charge >= 0.3 is 11.2 Å². The number of carbonyl (C=O) groups excluding carboxylic acids is 1. The van der Waals surface area contributed by atoms with Gasteiger partial charge in [-0.2, -0.15) is 0 Å². The van der Waals surface area contributed by atoms with Crippen LogP contribution in [0.2, 0.25) is 0 Å². The van der Waals surface area contributed by atoms with Crippen molar-refractivity contribution in [3.8, 4) is 5.75 Å². The molecule has 1 saturated carbocycles. The summed E-state index contributed by atoms with van der Waals surface area (Å²) < 4.78 is 29.7. The van der Waals surface area contributed by atoms with Crippen molar-refractivity contribution in [2.24, 2.45) is 23.7 Å². The number of fused-ring (bicyclic) bond motifs is 2. The van der Waals surface area contributed by atoms with Crippen molar-refractivity contribution in [2.75, 3.05) is 7.11 Å². The highest BCUT2D eigenvalue weighted by Gasteiger charge is 2.66. The zero-order valence-electron chi connectivity index (χ0n) is 23.8. The second kappa shape index (κ2) is 11.7. The first kappa shape index (κ1) is 28.2. The highest BCUT2D eigenvalue weighted by atomic mass is 32.1. The average Bonchev–Trinajstić information content (AvgIpc) is 3.61. The fourth-order valence-corrected chi connectivity index (χ4v) is 7.31. The topological polar surface area (TPSA) is 67.1 Å². The molecule has 3 aliphatic rings. The lowest BCUT2D eigenvalue weighted by Gasteiger charge is -2.48. The van der Waals surface area contributed by atoms with E-state index in [2.05, 4.69) is 32.9 Å². The molecule has 2 aromatic rings. The molecule has 0 radical (unpaired) electrons. The van der Waals surface area contributed by atoms with Crippen molar-refractivity contribution in [2.45, 2.75) is 65.1 Å². The number of esters is 1. The van der Waals surface area contributed by atoms with Crippen LogP contribution in [0.1, 0.15) is 52.5 Å². The van der Waals surface area contributed by atoms with Crippen LogP contribution >= 0.6 is 12.2 Å². The molecule has 0 amide bonds. The van der Waals surface area contributed by atoms with E-state index >= 15 is 0 Å². The number of carbonyl (C=O) groups is 1. The van der Waals surface area contributed by atoms with Gasteiger partial charge < -0.3 is 23.4 Å². The number of aryl methyl sites for hydroxylation is 1. The van der Waals surface area contributed by atoms with E-state index in [0.29, 0.717) is 17.1 Å². The monoisotopic (exact) mass is 562 g/mol. The second-order valence-electron chi connectivity index (χ2n) is 11.4. The molecular formula is C33H38O6S. The van der Waals surface area contributed by atoms with Crippen molar-refractivity contribution in [3.05, 3.63) is 89.1 Å². The van der Waals surface area contributed by atoms with Crippen LogP contribution in [0.3, 0.4) is 0 Å². The number of benzene rings is 1. The molecule has 5 rings (SSSR count). The van der Waals surface area contributed by atoms with Crippen LogP contribution in [0.15, 0.2) is 88.0 Å². The van der Waals surface area contributed by atoms with Crippen LogP contribution in [0.4, 0.5) is 0 Å². The molecule has 0 unspecified atom stereocenters. The van der Waals surface area contributed by atoms with Gasteiger partial charge in [-0.15, -0.1) is 0 Å². The number of hydrogen-bond donors (Lipinski definition) is 0. The molecule has 2 aliphatic carbocycles. The van der Waals surface area contributed by atoms with Gasteiger partial charge in [-0.3, -0.25) is 0 Å². The number of furan rings is 1. The van der Waals surface area contributed by atoms with Gasteiger partial charge in [0.2, 0.25) is 0 Å². The van der Waals surface area contributed by atoms with Gasteiger partial charge in [0.05, 0.1) is 25.2 Å². The summed E-state index contributed by atoms with van der Waals surface area (Å²) in [6, 6.07) is 11.4. The molecule has 0 saturated heterocycles. The standard InChI is InChI=1S/C33H38O6S/c1-20(10-9-11-24-14-15-36-19-24)16-25-17-21(2)28-27(38-32(40)37-26-12-7-6-8-13-26)18-22(3)29(28)33(25)30(35-5)23(4)31(34)39-33/h6-8,12-17,19,22,25,27-29H,9-11,18H2,1-5H3/b20-16+/t22-,25-,27+,28-,29-,33+/m0/s1. The summed E-state index contributed by atoms with van der Waals surface area (Å²) in [5.41, 5.74) is 3.25. The third-order valence-corrected chi connectivity index (χ3v) is 8.88. The van der Waals surface area contributed by atoms with Crippen LogP contribution in [0, 0.1) is 23.7 Å². The molecule has 1 spiro atoms. The zero-order valence-corrected chi connectivity index (χ0v) is 24.7. The molecule has 0 N–H and O–H groups in total. The summed E-state index contributed by atoms with van der Waals surface area (Å²) in [6.07, 6.45) is 11.5. The zero-order chi connectivity index (χ0) is 28.4. The minimum Gasteiger partial charge on any atom is -0.496 e. The predicted molar refractivity (Wildman–Crippen MR) is 156 cm³/mol. The van der Waals surface area contributed by atoms with Crippen LogP contribution in [-0.2, 0) is 25.4 Å².